The SMILES string of the molecule is COc1ccc(Br)cc1S(=O)(=O)NNC(=O)C1CC1. The number of methoxy groups -OCH3 is 1. The maximum atomic E-state index is 12.1. The number of rotatable bonds is 5. The number of hydrogen-bond acceptors (Lipinski definition) is 4. The zero-order valence-corrected chi connectivity index (χ0v) is 12.5. The van der Waals surface area contributed by atoms with Crippen LogP contribution in [0.1, 0.15) is 12.8 Å². The van der Waals surface area contributed by atoms with Crippen LogP contribution in [0.2, 0.25) is 0 Å². The lowest BCUT2D eigenvalue weighted by atomic mass is 10.3. The highest BCUT2D eigenvalue weighted by atomic mass is 79.9. The molecule has 1 fully saturated rings. The summed E-state index contributed by atoms with van der Waals surface area (Å²) in [6.45, 7) is 0. The van der Waals surface area contributed by atoms with Crippen molar-refractivity contribution in [3.63, 3.8) is 0 Å². The van der Waals surface area contributed by atoms with Crippen LogP contribution in [0, 0.1) is 5.92 Å². The first kappa shape index (κ1) is 14.3. The smallest absolute Gasteiger partial charge is 0.261 e. The van der Waals surface area contributed by atoms with Crippen molar-refractivity contribution in [2.24, 2.45) is 5.92 Å². The maximum absolute atomic E-state index is 12.1. The molecule has 2 rings (SSSR count). The Balaban J connectivity index is 2.18. The zero-order chi connectivity index (χ0) is 14.0. The van der Waals surface area contributed by atoms with Crippen LogP contribution in [0.25, 0.3) is 0 Å². The van der Waals surface area contributed by atoms with Gasteiger partial charge in [0.1, 0.15) is 10.6 Å². The van der Waals surface area contributed by atoms with Gasteiger partial charge in [-0.2, -0.15) is 0 Å². The van der Waals surface area contributed by atoms with Gasteiger partial charge in [-0.3, -0.25) is 10.2 Å². The van der Waals surface area contributed by atoms with Gasteiger partial charge in [-0.25, -0.2) is 8.42 Å². The van der Waals surface area contributed by atoms with Crippen LogP contribution >= 0.6 is 15.9 Å². The minimum Gasteiger partial charge on any atom is -0.495 e. The highest BCUT2D eigenvalue weighted by Crippen LogP contribution is 2.29. The molecule has 104 valence electrons. The number of ether oxygens (including phenoxy) is 1. The lowest BCUT2D eigenvalue weighted by Gasteiger charge is -2.11. The molecule has 0 bridgehead atoms. The maximum Gasteiger partial charge on any atom is 0.261 e. The first-order valence-electron chi connectivity index (χ1n) is 5.59. The number of amides is 1. The van der Waals surface area contributed by atoms with E-state index in [0.29, 0.717) is 4.47 Å². The van der Waals surface area contributed by atoms with Crippen molar-refractivity contribution in [1.29, 1.82) is 0 Å². The molecule has 1 amide bonds. The third-order valence-electron chi connectivity index (χ3n) is 2.67. The number of carbonyl (C=O) groups excluding carboxylic acids is 1. The minimum absolute atomic E-state index is 0.0412. The van der Waals surface area contributed by atoms with Gasteiger partial charge in [0, 0.05) is 10.4 Å². The fourth-order valence-electron chi connectivity index (χ4n) is 1.48. The summed E-state index contributed by atoms with van der Waals surface area (Å²) in [6, 6.07) is 4.60. The molecule has 1 saturated carbocycles. The van der Waals surface area contributed by atoms with Crippen molar-refractivity contribution >= 4 is 31.9 Å². The summed E-state index contributed by atoms with van der Waals surface area (Å²) in [5.74, 6) is -0.180. The molecule has 0 saturated heterocycles. The van der Waals surface area contributed by atoms with Crippen molar-refractivity contribution in [3.8, 4) is 5.75 Å². The highest BCUT2D eigenvalue weighted by Gasteiger charge is 2.30. The summed E-state index contributed by atoms with van der Waals surface area (Å²) in [5.41, 5.74) is 2.21. The van der Waals surface area contributed by atoms with Crippen molar-refractivity contribution < 1.29 is 17.9 Å². The van der Waals surface area contributed by atoms with Crippen LogP contribution in [0.3, 0.4) is 0 Å². The fourth-order valence-corrected chi connectivity index (χ4v) is 3.04. The third-order valence-corrected chi connectivity index (χ3v) is 4.43. The molecule has 0 heterocycles. The molecule has 0 unspecified atom stereocenters. The highest BCUT2D eigenvalue weighted by molar-refractivity contribution is 9.10. The monoisotopic (exact) mass is 348 g/mol. The average molecular weight is 349 g/mol. The van der Waals surface area contributed by atoms with Gasteiger partial charge in [-0.15, -0.1) is 4.83 Å². The van der Waals surface area contributed by atoms with Crippen LogP contribution in [-0.4, -0.2) is 21.4 Å². The van der Waals surface area contributed by atoms with Gasteiger partial charge in [0.15, 0.2) is 0 Å². The van der Waals surface area contributed by atoms with Gasteiger partial charge in [0.2, 0.25) is 5.91 Å². The van der Waals surface area contributed by atoms with Crippen LogP contribution in [0.5, 0.6) is 5.75 Å². The molecule has 8 heteroatoms. The molecule has 6 nitrogen and oxygen atoms in total. The quantitative estimate of drug-likeness (QED) is 0.782. The molecule has 0 spiro atoms. The first-order valence-corrected chi connectivity index (χ1v) is 7.87. The van der Waals surface area contributed by atoms with Crippen molar-refractivity contribution in [3.05, 3.63) is 22.7 Å². The molecule has 0 atom stereocenters. The van der Waals surface area contributed by atoms with E-state index in [1.165, 1.54) is 19.2 Å². The Labute approximate surface area is 119 Å². The molecule has 1 aromatic rings. The lowest BCUT2D eigenvalue weighted by Crippen LogP contribution is -2.42. The molecule has 1 aliphatic rings. The Morgan fingerprint density at radius 3 is 2.68 bits per heavy atom. The van der Waals surface area contributed by atoms with E-state index in [2.05, 4.69) is 26.2 Å². The summed E-state index contributed by atoms with van der Waals surface area (Å²) in [6.07, 6.45) is 1.60. The predicted molar refractivity (Wildman–Crippen MR) is 71.9 cm³/mol. The van der Waals surface area contributed by atoms with Crippen LogP contribution < -0.4 is 15.0 Å². The molecular formula is C11H13BrN2O4S. The van der Waals surface area contributed by atoms with Crippen molar-refractivity contribution in [2.75, 3.05) is 7.11 Å². The number of carbonyl (C=O) groups is 1. The normalized spacial score (nSPS) is 15.1. The number of hydrazine groups is 1. The molecule has 0 aliphatic heterocycles. The Morgan fingerprint density at radius 2 is 2.11 bits per heavy atom. The number of nitrogens with one attached hydrogen (secondary N) is 2. The van der Waals surface area contributed by atoms with E-state index in [-0.39, 0.29) is 22.5 Å². The average Bonchev–Trinajstić information content (AvgIpc) is 3.20. The molecule has 0 aromatic heterocycles. The number of halogens is 1. The summed E-state index contributed by atoms with van der Waals surface area (Å²) in [4.78, 5) is 13.5. The van der Waals surface area contributed by atoms with Gasteiger partial charge in [0.05, 0.1) is 7.11 Å². The fraction of sp³-hybridized carbons (Fsp3) is 0.364. The molecule has 2 N–H and O–H groups in total. The number of hydrogen-bond donors (Lipinski definition) is 2. The summed E-state index contributed by atoms with van der Waals surface area (Å²) in [7, 11) is -2.48. The molecule has 19 heavy (non-hydrogen) atoms. The zero-order valence-electron chi connectivity index (χ0n) is 10.1. The Bertz CT molecular complexity index is 599. The predicted octanol–water partition coefficient (Wildman–Crippen LogP) is 1.18. The van der Waals surface area contributed by atoms with Gasteiger partial charge in [-0.1, -0.05) is 15.9 Å². The second kappa shape index (κ2) is 5.48. The van der Waals surface area contributed by atoms with E-state index < -0.39 is 10.0 Å². The standard InChI is InChI=1S/C11H13BrN2O4S/c1-18-9-5-4-8(12)6-10(9)19(16,17)14-13-11(15)7-2-3-7/h4-7,14H,2-3H2,1H3,(H,13,15). The van der Waals surface area contributed by atoms with E-state index in [1.54, 1.807) is 6.07 Å². The van der Waals surface area contributed by atoms with E-state index in [4.69, 9.17) is 4.74 Å². The molecule has 0 radical (unpaired) electrons. The van der Waals surface area contributed by atoms with Crippen LogP contribution in [-0.2, 0) is 14.8 Å². The van der Waals surface area contributed by atoms with Gasteiger partial charge >= 0.3 is 0 Å². The van der Waals surface area contributed by atoms with Gasteiger partial charge in [0.25, 0.3) is 10.0 Å². The van der Waals surface area contributed by atoms with Gasteiger partial charge < -0.3 is 4.74 Å². The van der Waals surface area contributed by atoms with E-state index in [0.717, 1.165) is 12.8 Å². The largest absolute Gasteiger partial charge is 0.495 e. The summed E-state index contributed by atoms with van der Waals surface area (Å²) < 4.78 is 29.8. The lowest BCUT2D eigenvalue weighted by molar-refractivity contribution is -0.122. The number of sulfonamides is 1. The van der Waals surface area contributed by atoms with Crippen molar-refractivity contribution in [2.45, 2.75) is 17.7 Å². The van der Waals surface area contributed by atoms with E-state index in [1.807, 2.05) is 0 Å². The minimum atomic E-state index is -3.86. The molecule has 1 aliphatic carbocycles. The Kier molecular flexibility index (Phi) is 4.12. The third kappa shape index (κ3) is 3.46. The second-order valence-electron chi connectivity index (χ2n) is 4.16. The van der Waals surface area contributed by atoms with Crippen LogP contribution in [0.4, 0.5) is 0 Å². The summed E-state index contributed by atoms with van der Waals surface area (Å²) >= 11 is 3.20. The Morgan fingerprint density at radius 1 is 1.42 bits per heavy atom. The number of benzene rings is 1. The topological polar surface area (TPSA) is 84.5 Å². The molecule has 1 aromatic carbocycles. The van der Waals surface area contributed by atoms with E-state index >= 15 is 0 Å². The van der Waals surface area contributed by atoms with Gasteiger partial charge in [-0.05, 0) is 31.0 Å². The summed E-state index contributed by atoms with van der Waals surface area (Å²) in [5, 5.41) is 0. The molecular weight excluding hydrogens is 336 g/mol. The van der Waals surface area contributed by atoms with E-state index in [9.17, 15) is 13.2 Å². The first-order chi connectivity index (χ1) is 8.94. The van der Waals surface area contributed by atoms with Crippen molar-refractivity contribution in [1.82, 2.24) is 10.3 Å². The van der Waals surface area contributed by atoms with Crippen LogP contribution in [0.15, 0.2) is 27.6 Å². The second-order valence-corrected chi connectivity index (χ2v) is 6.73. The Hall–Kier alpha value is -1.12.